The van der Waals surface area contributed by atoms with E-state index in [1.54, 1.807) is 0 Å². The van der Waals surface area contributed by atoms with Crippen LogP contribution in [0.25, 0.3) is 0 Å². The Balaban J connectivity index is 2.17. The topological polar surface area (TPSA) is 0 Å². The van der Waals surface area contributed by atoms with Crippen molar-refractivity contribution in [3.05, 3.63) is 0 Å². The van der Waals surface area contributed by atoms with Crippen molar-refractivity contribution in [3.8, 4) is 0 Å². The molecule has 0 heterocycles. The first-order valence-electron chi connectivity index (χ1n) is 16.5. The molecular weight excluding hydrogens is 420 g/mol. The average Bonchev–Trinajstić information content (AvgIpc) is 2.79. The lowest BCUT2D eigenvalue weighted by Gasteiger charge is -2.49. The molecule has 1 fully saturated rings. The first kappa shape index (κ1) is 33.0. The van der Waals surface area contributed by atoms with E-state index in [1.807, 2.05) is 0 Å². The van der Waals surface area contributed by atoms with Gasteiger partial charge in [-0.3, -0.25) is 0 Å². The van der Waals surface area contributed by atoms with Gasteiger partial charge in [-0.05, 0) is 84.9 Å². The zero-order chi connectivity index (χ0) is 26.4. The first-order chi connectivity index (χ1) is 16.5. The van der Waals surface area contributed by atoms with E-state index in [9.17, 15) is 0 Å². The third-order valence-corrected chi connectivity index (χ3v) is 10.4. The molecule has 0 heteroatoms. The summed E-state index contributed by atoms with van der Waals surface area (Å²) >= 11 is 0. The fraction of sp³-hybridized carbons (Fsp3) is 1.00. The van der Waals surface area contributed by atoms with Gasteiger partial charge in [-0.25, -0.2) is 0 Å². The van der Waals surface area contributed by atoms with Crippen LogP contribution in [0.2, 0.25) is 0 Å². The Morgan fingerprint density at radius 3 is 1.54 bits per heavy atom. The highest BCUT2D eigenvalue weighted by atomic mass is 14.5. The first-order valence-corrected chi connectivity index (χ1v) is 16.5. The van der Waals surface area contributed by atoms with Crippen molar-refractivity contribution in [1.29, 1.82) is 0 Å². The number of hydrogen-bond donors (Lipinski definition) is 0. The molecule has 0 N–H and O–H groups in total. The normalized spacial score (nSPS) is 25.6. The Morgan fingerprint density at radius 2 is 1.09 bits per heavy atom. The van der Waals surface area contributed by atoms with Crippen molar-refractivity contribution in [2.24, 2.45) is 52.8 Å². The Bertz CT molecular complexity index is 498. The van der Waals surface area contributed by atoms with E-state index in [-0.39, 0.29) is 0 Å². The average molecular weight is 491 g/mol. The maximum absolute atomic E-state index is 2.55. The number of hydrogen-bond acceptors (Lipinski definition) is 0. The van der Waals surface area contributed by atoms with Crippen LogP contribution in [0.1, 0.15) is 172 Å². The minimum Gasteiger partial charge on any atom is -0.0654 e. The lowest BCUT2D eigenvalue weighted by molar-refractivity contribution is 0.0225. The molecule has 1 aliphatic carbocycles. The van der Waals surface area contributed by atoms with E-state index in [0.717, 1.165) is 52.8 Å². The fourth-order valence-corrected chi connectivity index (χ4v) is 7.11. The molecule has 0 saturated heterocycles. The summed E-state index contributed by atoms with van der Waals surface area (Å²) in [4.78, 5) is 0. The van der Waals surface area contributed by atoms with Crippen LogP contribution >= 0.6 is 0 Å². The predicted molar refractivity (Wildman–Crippen MR) is 161 cm³/mol. The van der Waals surface area contributed by atoms with Crippen molar-refractivity contribution in [2.75, 3.05) is 0 Å². The smallest absolute Gasteiger partial charge is 0.0295 e. The second-order valence-corrected chi connectivity index (χ2v) is 14.8. The quantitative estimate of drug-likeness (QED) is 0.150. The van der Waals surface area contributed by atoms with E-state index in [0.29, 0.717) is 0 Å². The van der Waals surface area contributed by atoms with Crippen molar-refractivity contribution < 1.29 is 0 Å². The second-order valence-electron chi connectivity index (χ2n) is 14.8. The molecule has 1 aliphatic rings. The molecule has 0 aromatic rings. The maximum atomic E-state index is 2.55. The Hall–Kier alpha value is 0. The summed E-state index contributed by atoms with van der Waals surface area (Å²) in [6.07, 6.45) is 23.2. The zero-order valence-corrected chi connectivity index (χ0v) is 26.4. The van der Waals surface area contributed by atoms with Gasteiger partial charge < -0.3 is 0 Å². The lowest BCUT2D eigenvalue weighted by Crippen LogP contribution is -2.37. The Kier molecular flexibility index (Phi) is 16.5. The van der Waals surface area contributed by atoms with Crippen LogP contribution in [0.3, 0.4) is 0 Å². The van der Waals surface area contributed by atoms with Crippen LogP contribution in [0.4, 0.5) is 0 Å². The molecule has 210 valence electrons. The summed E-state index contributed by atoms with van der Waals surface area (Å²) in [6, 6.07) is 0. The van der Waals surface area contributed by atoms with Gasteiger partial charge in [0.15, 0.2) is 0 Å². The lowest BCUT2D eigenvalue weighted by atomic mass is 9.56. The molecule has 1 saturated carbocycles. The van der Waals surface area contributed by atoms with Gasteiger partial charge in [-0.15, -0.1) is 0 Å². The van der Waals surface area contributed by atoms with Crippen molar-refractivity contribution in [3.63, 3.8) is 0 Å². The molecule has 0 amide bonds. The van der Waals surface area contributed by atoms with Gasteiger partial charge in [0.05, 0.1) is 0 Å². The van der Waals surface area contributed by atoms with Crippen molar-refractivity contribution >= 4 is 0 Å². The van der Waals surface area contributed by atoms with E-state index in [1.165, 1.54) is 103 Å². The highest BCUT2D eigenvalue weighted by molar-refractivity contribution is 4.93. The van der Waals surface area contributed by atoms with Crippen LogP contribution in [0, 0.1) is 52.8 Å². The van der Waals surface area contributed by atoms with Crippen LogP contribution in [0.15, 0.2) is 0 Å². The van der Waals surface area contributed by atoms with Gasteiger partial charge in [0.1, 0.15) is 0 Å². The molecule has 0 nitrogen and oxygen atoms in total. The molecule has 1 rings (SSSR count). The summed E-state index contributed by atoms with van der Waals surface area (Å²) in [6.45, 7) is 24.6. The fourth-order valence-electron chi connectivity index (χ4n) is 7.11. The van der Waals surface area contributed by atoms with E-state index >= 15 is 0 Å². The molecule has 35 heavy (non-hydrogen) atoms. The molecule has 0 radical (unpaired) electrons. The maximum Gasteiger partial charge on any atom is -0.0295 e. The molecule has 0 spiro atoms. The van der Waals surface area contributed by atoms with E-state index < -0.39 is 0 Å². The van der Waals surface area contributed by atoms with Crippen LogP contribution in [-0.2, 0) is 0 Å². The molecule has 6 unspecified atom stereocenters. The van der Waals surface area contributed by atoms with Gasteiger partial charge >= 0.3 is 0 Å². The van der Waals surface area contributed by atoms with E-state index in [4.69, 9.17) is 0 Å². The SMILES string of the molecule is CCCCC1(CC)CC(CC(C)CC(C)C(C)CCC(C)CCC(C)CCC(C)CCC(C)C)C1. The third-order valence-electron chi connectivity index (χ3n) is 10.4. The zero-order valence-electron chi connectivity index (χ0n) is 26.4. The summed E-state index contributed by atoms with van der Waals surface area (Å²) in [5.74, 6) is 7.33. The molecular formula is C35H70. The number of rotatable bonds is 21. The molecule has 0 aromatic heterocycles. The largest absolute Gasteiger partial charge is 0.0654 e. The summed E-state index contributed by atoms with van der Waals surface area (Å²) in [7, 11) is 0. The van der Waals surface area contributed by atoms with Crippen LogP contribution < -0.4 is 0 Å². The molecule has 0 aromatic carbocycles. The minimum absolute atomic E-state index is 0.735. The van der Waals surface area contributed by atoms with E-state index in [2.05, 4.69) is 69.2 Å². The van der Waals surface area contributed by atoms with Gasteiger partial charge in [-0.2, -0.15) is 0 Å². The van der Waals surface area contributed by atoms with Crippen LogP contribution in [-0.4, -0.2) is 0 Å². The summed E-state index contributed by atoms with van der Waals surface area (Å²) < 4.78 is 0. The highest BCUT2D eigenvalue weighted by Gasteiger charge is 2.42. The van der Waals surface area contributed by atoms with Crippen LogP contribution in [0.5, 0.6) is 0 Å². The van der Waals surface area contributed by atoms with Crippen molar-refractivity contribution in [2.45, 2.75) is 172 Å². The van der Waals surface area contributed by atoms with Gasteiger partial charge in [0.25, 0.3) is 0 Å². The van der Waals surface area contributed by atoms with Gasteiger partial charge in [-0.1, -0.05) is 140 Å². The second kappa shape index (κ2) is 17.5. The van der Waals surface area contributed by atoms with Crippen molar-refractivity contribution in [1.82, 2.24) is 0 Å². The third kappa shape index (κ3) is 13.9. The molecule has 6 atom stereocenters. The standard InChI is InChI=1S/C35H70/c1-11-13-22-35(12-2)25-34(26-35)24-31(8)23-33(10)32(9)21-20-30(7)19-18-29(6)17-16-28(5)15-14-27(3)4/h27-34H,11-26H2,1-10H3. The summed E-state index contributed by atoms with van der Waals surface area (Å²) in [5, 5.41) is 0. The summed E-state index contributed by atoms with van der Waals surface area (Å²) in [5.41, 5.74) is 0.735. The molecule has 0 aliphatic heterocycles. The highest BCUT2D eigenvalue weighted by Crippen LogP contribution is 2.53. The van der Waals surface area contributed by atoms with Gasteiger partial charge in [0, 0.05) is 0 Å². The monoisotopic (exact) mass is 491 g/mol. The molecule has 0 bridgehead atoms. The number of unbranched alkanes of at least 4 members (excludes halogenated alkanes) is 1. The minimum atomic E-state index is 0.735. The Morgan fingerprint density at radius 1 is 0.600 bits per heavy atom. The van der Waals surface area contributed by atoms with Gasteiger partial charge in [0.2, 0.25) is 0 Å². The Labute approximate surface area is 224 Å². The predicted octanol–water partition coefficient (Wildman–Crippen LogP) is 12.4.